The van der Waals surface area contributed by atoms with E-state index in [1.165, 1.54) is 19.2 Å². The number of ether oxygens (including phenoxy) is 1. The third-order valence-corrected chi connectivity index (χ3v) is 2.46. The number of nitrogens with zero attached hydrogens (tertiary/aromatic N) is 2. The van der Waals surface area contributed by atoms with Crippen molar-refractivity contribution in [3.8, 4) is 5.88 Å². The first-order valence-electron chi connectivity index (χ1n) is 5.90. The first kappa shape index (κ1) is 14.2. The van der Waals surface area contributed by atoms with Crippen LogP contribution in [0.4, 0.5) is 11.5 Å². The summed E-state index contributed by atoms with van der Waals surface area (Å²) in [4.78, 5) is 14.5. The Balaban J connectivity index is 2.93. The quantitative estimate of drug-likeness (QED) is 0.623. The van der Waals surface area contributed by atoms with Crippen LogP contribution in [0.3, 0.4) is 0 Å². The highest BCUT2D eigenvalue weighted by Crippen LogP contribution is 2.26. The van der Waals surface area contributed by atoms with Crippen LogP contribution in [0.1, 0.15) is 27.2 Å². The number of nitrogens with one attached hydrogen (secondary N) is 1. The number of hydrogen-bond acceptors (Lipinski definition) is 5. The molecule has 0 amide bonds. The van der Waals surface area contributed by atoms with Gasteiger partial charge < -0.3 is 10.1 Å². The second-order valence-corrected chi connectivity index (χ2v) is 4.65. The molecule has 0 aliphatic rings. The number of aromatic nitrogens is 1. The van der Waals surface area contributed by atoms with Gasteiger partial charge in [-0.05, 0) is 19.3 Å². The fourth-order valence-electron chi connectivity index (χ4n) is 1.80. The molecule has 1 atom stereocenters. The molecule has 1 aromatic rings. The maximum Gasteiger partial charge on any atom is 0.311 e. The van der Waals surface area contributed by atoms with Crippen LogP contribution in [-0.4, -0.2) is 23.1 Å². The van der Waals surface area contributed by atoms with E-state index in [1.54, 1.807) is 0 Å². The van der Waals surface area contributed by atoms with E-state index in [2.05, 4.69) is 24.1 Å². The third-order valence-electron chi connectivity index (χ3n) is 2.46. The van der Waals surface area contributed by atoms with E-state index in [4.69, 9.17) is 4.74 Å². The number of pyridine rings is 1. The van der Waals surface area contributed by atoms with Crippen LogP contribution in [-0.2, 0) is 0 Å². The summed E-state index contributed by atoms with van der Waals surface area (Å²) in [5.41, 5.74) is -0.0357. The van der Waals surface area contributed by atoms with Crippen molar-refractivity contribution in [1.82, 2.24) is 4.98 Å². The van der Waals surface area contributed by atoms with E-state index in [9.17, 15) is 10.1 Å². The third kappa shape index (κ3) is 3.87. The molecule has 1 unspecified atom stereocenters. The van der Waals surface area contributed by atoms with E-state index in [-0.39, 0.29) is 17.5 Å². The van der Waals surface area contributed by atoms with Gasteiger partial charge in [-0.15, -0.1) is 0 Å². The molecule has 0 aliphatic heterocycles. The van der Waals surface area contributed by atoms with Crippen LogP contribution in [0.2, 0.25) is 0 Å². The molecule has 0 bridgehead atoms. The first-order valence-corrected chi connectivity index (χ1v) is 5.90. The van der Waals surface area contributed by atoms with Gasteiger partial charge in [-0.25, -0.2) is 0 Å². The van der Waals surface area contributed by atoms with E-state index >= 15 is 0 Å². The maximum atomic E-state index is 10.9. The summed E-state index contributed by atoms with van der Waals surface area (Å²) in [6, 6.07) is 3.00. The molecule has 6 nitrogen and oxygen atoms in total. The zero-order valence-electron chi connectivity index (χ0n) is 11.1. The minimum absolute atomic E-state index is 0.0357. The smallest absolute Gasteiger partial charge is 0.311 e. The summed E-state index contributed by atoms with van der Waals surface area (Å²) in [6.45, 7) is 6.18. The average Bonchev–Trinajstić information content (AvgIpc) is 2.27. The van der Waals surface area contributed by atoms with Crippen LogP contribution in [0.15, 0.2) is 12.1 Å². The number of nitro groups is 1. The lowest BCUT2D eigenvalue weighted by Crippen LogP contribution is -2.19. The van der Waals surface area contributed by atoms with Gasteiger partial charge in [0.2, 0.25) is 11.7 Å². The van der Waals surface area contributed by atoms with Gasteiger partial charge in [0, 0.05) is 18.2 Å². The van der Waals surface area contributed by atoms with Gasteiger partial charge in [-0.1, -0.05) is 13.8 Å². The normalized spacial score (nSPS) is 12.3. The Morgan fingerprint density at radius 3 is 2.61 bits per heavy atom. The molecule has 0 aromatic carbocycles. The molecule has 1 heterocycles. The summed E-state index contributed by atoms with van der Waals surface area (Å²) >= 11 is 0. The van der Waals surface area contributed by atoms with Crippen molar-refractivity contribution in [2.45, 2.75) is 33.2 Å². The number of rotatable bonds is 6. The van der Waals surface area contributed by atoms with Crippen molar-refractivity contribution in [2.24, 2.45) is 5.92 Å². The fraction of sp³-hybridized carbons (Fsp3) is 0.583. The summed E-state index contributed by atoms with van der Waals surface area (Å²) in [7, 11) is 1.48. The molecule has 100 valence electrons. The lowest BCUT2D eigenvalue weighted by molar-refractivity contribution is -0.384. The number of methoxy groups -OCH3 is 1. The molecule has 1 rings (SSSR count). The van der Waals surface area contributed by atoms with Crippen LogP contribution in [0.5, 0.6) is 5.88 Å². The molecule has 1 aromatic heterocycles. The van der Waals surface area contributed by atoms with Gasteiger partial charge in [0.15, 0.2) is 0 Å². The van der Waals surface area contributed by atoms with E-state index < -0.39 is 4.92 Å². The van der Waals surface area contributed by atoms with Crippen molar-refractivity contribution in [3.63, 3.8) is 0 Å². The van der Waals surface area contributed by atoms with E-state index in [1.807, 2.05) is 6.92 Å². The van der Waals surface area contributed by atoms with Crippen molar-refractivity contribution in [2.75, 3.05) is 12.4 Å². The van der Waals surface area contributed by atoms with Crippen LogP contribution in [0, 0.1) is 16.0 Å². The first-order chi connectivity index (χ1) is 8.43. The van der Waals surface area contributed by atoms with Crippen LogP contribution < -0.4 is 10.1 Å². The largest absolute Gasteiger partial charge is 0.481 e. The predicted molar refractivity (Wildman–Crippen MR) is 70.0 cm³/mol. The van der Waals surface area contributed by atoms with Crippen molar-refractivity contribution < 1.29 is 9.66 Å². The molecule has 1 N–H and O–H groups in total. The highest BCUT2D eigenvalue weighted by molar-refractivity contribution is 5.57. The Bertz CT molecular complexity index is 421. The predicted octanol–water partition coefficient (Wildman–Crippen LogP) is 2.84. The maximum absolute atomic E-state index is 10.9. The minimum Gasteiger partial charge on any atom is -0.481 e. The summed E-state index contributed by atoms with van der Waals surface area (Å²) in [5.74, 6) is 1.13. The highest BCUT2D eigenvalue weighted by atomic mass is 16.6. The minimum atomic E-state index is -0.448. The van der Waals surface area contributed by atoms with Gasteiger partial charge in [-0.3, -0.25) is 10.1 Å². The second-order valence-electron chi connectivity index (χ2n) is 4.65. The fourth-order valence-corrected chi connectivity index (χ4v) is 1.80. The summed E-state index contributed by atoms with van der Waals surface area (Å²) < 4.78 is 4.98. The lowest BCUT2D eigenvalue weighted by atomic mass is 10.1. The van der Waals surface area contributed by atoms with Crippen LogP contribution >= 0.6 is 0 Å². The van der Waals surface area contributed by atoms with E-state index in [0.29, 0.717) is 11.8 Å². The molecule has 18 heavy (non-hydrogen) atoms. The Hall–Kier alpha value is -1.85. The molecule has 0 saturated carbocycles. The Kier molecular flexibility index (Phi) is 4.88. The van der Waals surface area contributed by atoms with E-state index in [0.717, 1.165) is 6.42 Å². The van der Waals surface area contributed by atoms with Gasteiger partial charge in [0.1, 0.15) is 0 Å². The molecular formula is C12H19N3O3. The SMILES string of the molecule is COc1ccc([N+](=O)[O-])c(NC(C)CC(C)C)n1. The topological polar surface area (TPSA) is 77.3 Å². The molecule has 0 saturated heterocycles. The molecule has 0 aliphatic carbocycles. The van der Waals surface area contributed by atoms with Crippen molar-refractivity contribution in [1.29, 1.82) is 0 Å². The molecule has 0 radical (unpaired) electrons. The Morgan fingerprint density at radius 2 is 2.11 bits per heavy atom. The standard InChI is InChI=1S/C12H19N3O3/c1-8(2)7-9(3)13-12-10(15(16)17)5-6-11(14-12)18-4/h5-6,8-9H,7H2,1-4H3,(H,13,14). The summed E-state index contributed by atoms with van der Waals surface area (Å²) in [5, 5.41) is 14.0. The summed E-state index contributed by atoms with van der Waals surface area (Å²) in [6.07, 6.45) is 0.913. The Morgan fingerprint density at radius 1 is 1.44 bits per heavy atom. The van der Waals surface area contributed by atoms with Gasteiger partial charge in [-0.2, -0.15) is 4.98 Å². The molecular weight excluding hydrogens is 234 g/mol. The number of hydrogen-bond donors (Lipinski definition) is 1. The monoisotopic (exact) mass is 253 g/mol. The molecule has 0 spiro atoms. The number of anilines is 1. The molecule has 6 heteroatoms. The average molecular weight is 253 g/mol. The van der Waals surface area contributed by atoms with Gasteiger partial charge in [0.25, 0.3) is 0 Å². The lowest BCUT2D eigenvalue weighted by Gasteiger charge is -2.16. The van der Waals surface area contributed by atoms with Crippen molar-refractivity contribution >= 4 is 11.5 Å². The zero-order valence-corrected chi connectivity index (χ0v) is 11.1. The highest BCUT2D eigenvalue weighted by Gasteiger charge is 2.18. The van der Waals surface area contributed by atoms with Crippen LogP contribution in [0.25, 0.3) is 0 Å². The zero-order chi connectivity index (χ0) is 13.7. The second kappa shape index (κ2) is 6.18. The van der Waals surface area contributed by atoms with Gasteiger partial charge >= 0.3 is 5.69 Å². The molecule has 0 fully saturated rings. The Labute approximate surface area is 107 Å². The van der Waals surface area contributed by atoms with Gasteiger partial charge in [0.05, 0.1) is 12.0 Å². The van der Waals surface area contributed by atoms with Crippen molar-refractivity contribution in [3.05, 3.63) is 22.2 Å².